The first-order valence-electron chi connectivity index (χ1n) is 5.74. The second kappa shape index (κ2) is 7.06. The van der Waals surface area contributed by atoms with Crippen molar-refractivity contribution in [2.24, 2.45) is 0 Å². The van der Waals surface area contributed by atoms with Gasteiger partial charge < -0.3 is 10.4 Å². The molecule has 1 amide bonds. The molecule has 5 heteroatoms. The lowest BCUT2D eigenvalue weighted by molar-refractivity contribution is -0.136. The van der Waals surface area contributed by atoms with Gasteiger partial charge in [0.1, 0.15) is 0 Å². The van der Waals surface area contributed by atoms with E-state index in [0.29, 0.717) is 5.75 Å². The van der Waals surface area contributed by atoms with Gasteiger partial charge in [-0.1, -0.05) is 24.3 Å². The Kier molecular flexibility index (Phi) is 5.71. The van der Waals surface area contributed by atoms with E-state index in [4.69, 9.17) is 5.11 Å². The normalized spacial score (nSPS) is 11.9. The zero-order chi connectivity index (χ0) is 13.5. The van der Waals surface area contributed by atoms with Gasteiger partial charge in [-0.15, -0.1) is 0 Å². The molecule has 1 aromatic rings. The number of hydrogen-bond donors (Lipinski definition) is 3. The number of carbonyl (C=O) groups is 2. The third kappa shape index (κ3) is 4.07. The smallest absolute Gasteiger partial charge is 0.305 e. The molecule has 0 bridgehead atoms. The lowest BCUT2D eigenvalue weighted by atomic mass is 9.96. The Labute approximate surface area is 112 Å². The van der Waals surface area contributed by atoms with Crippen molar-refractivity contribution in [3.63, 3.8) is 0 Å². The van der Waals surface area contributed by atoms with Crippen LogP contribution in [0.15, 0.2) is 24.3 Å². The first-order chi connectivity index (χ1) is 8.56. The van der Waals surface area contributed by atoms with E-state index in [1.165, 1.54) is 0 Å². The molecule has 0 heterocycles. The molecule has 0 saturated carbocycles. The zero-order valence-electron chi connectivity index (χ0n) is 10.2. The van der Waals surface area contributed by atoms with E-state index >= 15 is 0 Å². The Hall–Kier alpha value is -1.49. The van der Waals surface area contributed by atoms with Gasteiger partial charge in [0, 0.05) is 12.3 Å². The molecule has 0 aromatic heterocycles. The number of hydrogen-bond acceptors (Lipinski definition) is 3. The average Bonchev–Trinajstić information content (AvgIpc) is 2.37. The van der Waals surface area contributed by atoms with E-state index in [0.717, 1.165) is 11.1 Å². The minimum atomic E-state index is -0.918. The molecule has 1 atom stereocenters. The Balaban J connectivity index is 2.65. The topological polar surface area (TPSA) is 66.4 Å². The average molecular weight is 267 g/mol. The van der Waals surface area contributed by atoms with Crippen LogP contribution in [0.4, 0.5) is 0 Å². The van der Waals surface area contributed by atoms with Crippen LogP contribution >= 0.6 is 12.6 Å². The van der Waals surface area contributed by atoms with Gasteiger partial charge in [0.2, 0.25) is 5.91 Å². The van der Waals surface area contributed by atoms with Crippen LogP contribution in [-0.4, -0.2) is 23.5 Å². The molecule has 0 saturated heterocycles. The van der Waals surface area contributed by atoms with Gasteiger partial charge >= 0.3 is 5.97 Å². The number of benzene rings is 1. The monoisotopic (exact) mass is 267 g/mol. The van der Waals surface area contributed by atoms with Crippen LogP contribution in [0.1, 0.15) is 30.4 Å². The zero-order valence-corrected chi connectivity index (χ0v) is 11.1. The largest absolute Gasteiger partial charge is 0.481 e. The summed E-state index contributed by atoms with van der Waals surface area (Å²) in [5.41, 5.74) is 1.95. The van der Waals surface area contributed by atoms with Crippen molar-refractivity contribution in [2.45, 2.75) is 25.0 Å². The molecule has 1 aromatic carbocycles. The quantitative estimate of drug-likeness (QED) is 0.689. The van der Waals surface area contributed by atoms with E-state index in [1.54, 1.807) is 6.92 Å². The number of carboxylic acids is 1. The van der Waals surface area contributed by atoms with E-state index in [1.807, 2.05) is 24.3 Å². The Bertz CT molecular complexity index is 434. The maximum atomic E-state index is 11.9. The predicted octanol–water partition coefficient (Wildman–Crippen LogP) is 1.81. The van der Waals surface area contributed by atoms with E-state index in [9.17, 15) is 9.59 Å². The van der Waals surface area contributed by atoms with Gasteiger partial charge in [-0.25, -0.2) is 0 Å². The number of aliphatic carboxylic acids is 1. The van der Waals surface area contributed by atoms with Gasteiger partial charge in [-0.05, 0) is 18.1 Å². The van der Waals surface area contributed by atoms with Crippen LogP contribution < -0.4 is 5.32 Å². The highest BCUT2D eigenvalue weighted by molar-refractivity contribution is 7.79. The summed E-state index contributed by atoms with van der Waals surface area (Å²) in [4.78, 5) is 22.2. The fourth-order valence-electron chi connectivity index (χ4n) is 1.69. The molecule has 2 N–H and O–H groups in total. The van der Waals surface area contributed by atoms with Crippen LogP contribution in [0, 0.1) is 0 Å². The first-order valence-corrected chi connectivity index (χ1v) is 6.37. The SMILES string of the molecule is CC(C(=O)NCCC(=O)O)c1ccccc1CS. The van der Waals surface area contributed by atoms with Crippen LogP contribution in [0.5, 0.6) is 0 Å². The minimum Gasteiger partial charge on any atom is -0.481 e. The minimum absolute atomic E-state index is 0.0628. The fourth-order valence-corrected chi connectivity index (χ4v) is 1.98. The van der Waals surface area contributed by atoms with Crippen molar-refractivity contribution in [1.29, 1.82) is 0 Å². The summed E-state index contributed by atoms with van der Waals surface area (Å²) in [5, 5.41) is 11.1. The molecule has 1 rings (SSSR count). The number of rotatable bonds is 6. The molecule has 4 nitrogen and oxygen atoms in total. The van der Waals surface area contributed by atoms with Gasteiger partial charge in [0.15, 0.2) is 0 Å². The molecule has 0 spiro atoms. The third-order valence-electron chi connectivity index (χ3n) is 2.72. The maximum Gasteiger partial charge on any atom is 0.305 e. The highest BCUT2D eigenvalue weighted by atomic mass is 32.1. The number of thiol groups is 1. The van der Waals surface area contributed by atoms with Gasteiger partial charge in [-0.3, -0.25) is 9.59 Å². The molecule has 1 unspecified atom stereocenters. The van der Waals surface area contributed by atoms with Crippen LogP contribution in [0.2, 0.25) is 0 Å². The lowest BCUT2D eigenvalue weighted by Gasteiger charge is -2.15. The van der Waals surface area contributed by atoms with Gasteiger partial charge in [0.05, 0.1) is 12.3 Å². The van der Waals surface area contributed by atoms with E-state index in [-0.39, 0.29) is 24.8 Å². The van der Waals surface area contributed by atoms with Crippen LogP contribution in [-0.2, 0) is 15.3 Å². The van der Waals surface area contributed by atoms with Crippen molar-refractivity contribution in [2.75, 3.05) is 6.54 Å². The van der Waals surface area contributed by atoms with Crippen molar-refractivity contribution in [3.05, 3.63) is 35.4 Å². The lowest BCUT2D eigenvalue weighted by Crippen LogP contribution is -2.30. The molecule has 0 aliphatic rings. The van der Waals surface area contributed by atoms with Crippen LogP contribution in [0.25, 0.3) is 0 Å². The first kappa shape index (κ1) is 14.6. The summed E-state index contributed by atoms with van der Waals surface area (Å²) in [6, 6.07) is 7.61. The summed E-state index contributed by atoms with van der Waals surface area (Å²) < 4.78 is 0. The Morgan fingerprint density at radius 2 is 2.06 bits per heavy atom. The number of nitrogens with one attached hydrogen (secondary N) is 1. The molecule has 18 heavy (non-hydrogen) atoms. The standard InChI is InChI=1S/C13H17NO3S/c1-9(13(17)14-7-6-12(15)16)11-5-3-2-4-10(11)8-18/h2-5,9,18H,6-8H2,1H3,(H,14,17)(H,15,16). The molecule has 0 radical (unpaired) electrons. The fraction of sp³-hybridized carbons (Fsp3) is 0.385. The summed E-state index contributed by atoms with van der Waals surface area (Å²) in [6.07, 6.45) is -0.0628. The second-order valence-corrected chi connectivity index (χ2v) is 4.33. The summed E-state index contributed by atoms with van der Waals surface area (Å²) in [7, 11) is 0. The Morgan fingerprint density at radius 1 is 1.39 bits per heavy atom. The second-order valence-electron chi connectivity index (χ2n) is 4.01. The molecule has 0 aliphatic carbocycles. The van der Waals surface area contributed by atoms with Gasteiger partial charge in [-0.2, -0.15) is 12.6 Å². The number of carboxylic acid groups (broad SMARTS) is 1. The van der Waals surface area contributed by atoms with E-state index < -0.39 is 5.97 Å². The molecule has 0 fully saturated rings. The molecular weight excluding hydrogens is 250 g/mol. The predicted molar refractivity (Wildman–Crippen MR) is 72.8 cm³/mol. The summed E-state index contributed by atoms with van der Waals surface area (Å²) >= 11 is 4.23. The summed E-state index contributed by atoms with van der Waals surface area (Å²) in [6.45, 7) is 1.96. The number of amides is 1. The molecule has 0 aliphatic heterocycles. The summed E-state index contributed by atoms with van der Waals surface area (Å²) in [5.74, 6) is -0.811. The van der Waals surface area contributed by atoms with Crippen LogP contribution in [0.3, 0.4) is 0 Å². The van der Waals surface area contributed by atoms with E-state index in [2.05, 4.69) is 17.9 Å². The van der Waals surface area contributed by atoms with Gasteiger partial charge in [0.25, 0.3) is 0 Å². The van der Waals surface area contributed by atoms with Crippen molar-refractivity contribution < 1.29 is 14.7 Å². The third-order valence-corrected chi connectivity index (χ3v) is 3.06. The Morgan fingerprint density at radius 3 is 2.67 bits per heavy atom. The molecular formula is C13H17NO3S. The van der Waals surface area contributed by atoms with Crippen molar-refractivity contribution in [3.8, 4) is 0 Å². The highest BCUT2D eigenvalue weighted by Gasteiger charge is 2.17. The van der Waals surface area contributed by atoms with Crippen molar-refractivity contribution in [1.82, 2.24) is 5.32 Å². The molecule has 98 valence electrons. The number of carbonyl (C=O) groups excluding carboxylic acids is 1. The maximum absolute atomic E-state index is 11.9. The highest BCUT2D eigenvalue weighted by Crippen LogP contribution is 2.21. The van der Waals surface area contributed by atoms with Crippen molar-refractivity contribution >= 4 is 24.5 Å².